The molecule has 0 spiro atoms. The van der Waals surface area contributed by atoms with Crippen molar-refractivity contribution in [1.82, 2.24) is 0 Å². The van der Waals surface area contributed by atoms with E-state index < -0.39 is 0 Å². The van der Waals surface area contributed by atoms with Crippen LogP contribution in [0.1, 0.15) is 18.1 Å². The van der Waals surface area contributed by atoms with Crippen LogP contribution in [0.2, 0.25) is 0 Å². The molecule has 0 aromatic heterocycles. The number of aryl methyl sites for hydroxylation is 1. The van der Waals surface area contributed by atoms with Gasteiger partial charge in [-0.3, -0.25) is 0 Å². The van der Waals surface area contributed by atoms with Crippen molar-refractivity contribution in [2.24, 2.45) is 0 Å². The molecule has 6 aromatic rings. The smallest absolute Gasteiger partial charge is 0.0540 e. The first-order chi connectivity index (χ1) is 22.1. The highest BCUT2D eigenvalue weighted by molar-refractivity contribution is 5.99. The van der Waals surface area contributed by atoms with Gasteiger partial charge in [0, 0.05) is 35.2 Å². The molecule has 2 heteroatoms. The number of nitrogens with zero attached hydrogens (tertiary/aromatic N) is 2. The molecule has 0 atom stereocenters. The zero-order valence-electron chi connectivity index (χ0n) is 26.2. The van der Waals surface area contributed by atoms with Gasteiger partial charge in [0.1, 0.15) is 0 Å². The number of fused-ring (bicyclic) bond motifs is 1. The van der Waals surface area contributed by atoms with Gasteiger partial charge in [-0.1, -0.05) is 121 Å². The topological polar surface area (TPSA) is 6.48 Å². The van der Waals surface area contributed by atoms with Crippen LogP contribution in [0.15, 0.2) is 170 Å². The Morgan fingerprint density at radius 2 is 1.22 bits per heavy atom. The molecule has 0 saturated heterocycles. The highest BCUT2D eigenvalue weighted by Crippen LogP contribution is 2.40. The second kappa shape index (κ2) is 13.4. The summed E-state index contributed by atoms with van der Waals surface area (Å²) in [6.07, 6.45) is 8.11. The van der Waals surface area contributed by atoms with E-state index >= 15 is 0 Å². The summed E-state index contributed by atoms with van der Waals surface area (Å²) in [5.74, 6) is 0. The van der Waals surface area contributed by atoms with E-state index in [-0.39, 0.29) is 0 Å². The molecule has 0 heterocycles. The molecule has 0 radical (unpaired) electrons. The second-order valence-electron chi connectivity index (χ2n) is 11.2. The third-order valence-electron chi connectivity index (χ3n) is 8.27. The van der Waals surface area contributed by atoms with Crippen LogP contribution in [-0.2, 0) is 0 Å². The van der Waals surface area contributed by atoms with Gasteiger partial charge >= 0.3 is 0 Å². The number of hydrogen-bond acceptors (Lipinski definition) is 2. The molecule has 0 fully saturated rings. The lowest BCUT2D eigenvalue weighted by molar-refractivity contribution is 1.20. The molecule has 6 rings (SSSR count). The third kappa shape index (κ3) is 6.37. The lowest BCUT2D eigenvalue weighted by Crippen LogP contribution is -2.10. The van der Waals surface area contributed by atoms with Crippen molar-refractivity contribution >= 4 is 44.8 Å². The van der Waals surface area contributed by atoms with Gasteiger partial charge in [0.15, 0.2) is 0 Å². The highest BCUT2D eigenvalue weighted by Gasteiger charge is 2.16. The van der Waals surface area contributed by atoms with E-state index in [0.717, 1.165) is 33.9 Å². The van der Waals surface area contributed by atoms with Crippen molar-refractivity contribution in [3.8, 4) is 11.1 Å². The number of anilines is 5. The number of rotatable bonds is 9. The minimum atomic E-state index is 1.08. The molecule has 0 N–H and O–H groups in total. The Labute approximate surface area is 267 Å². The molecular formula is C43H38N2. The molecule has 0 saturated carbocycles. The lowest BCUT2D eigenvalue weighted by Gasteiger charge is -2.27. The summed E-state index contributed by atoms with van der Waals surface area (Å²) in [5.41, 5.74) is 11.5. The van der Waals surface area contributed by atoms with Crippen LogP contribution in [0, 0.1) is 6.92 Å². The van der Waals surface area contributed by atoms with Crippen molar-refractivity contribution < 1.29 is 0 Å². The first-order valence-electron chi connectivity index (χ1n) is 15.4. The number of hydrogen-bond donors (Lipinski definition) is 0. The molecule has 0 bridgehead atoms. The van der Waals surface area contributed by atoms with Crippen molar-refractivity contribution in [2.45, 2.75) is 13.8 Å². The fourth-order valence-electron chi connectivity index (χ4n) is 5.73. The number of benzene rings is 6. The Hall–Kier alpha value is -5.60. The van der Waals surface area contributed by atoms with Gasteiger partial charge in [-0.05, 0) is 96.1 Å². The molecule has 0 aliphatic carbocycles. The van der Waals surface area contributed by atoms with E-state index in [1.807, 2.05) is 19.1 Å². The molecule has 0 amide bonds. The Bertz CT molecular complexity index is 1970. The van der Waals surface area contributed by atoms with Gasteiger partial charge in [-0.25, -0.2) is 0 Å². The van der Waals surface area contributed by atoms with Gasteiger partial charge in [0.05, 0.1) is 5.69 Å². The normalized spacial score (nSPS) is 11.6. The van der Waals surface area contributed by atoms with E-state index in [9.17, 15) is 0 Å². The minimum absolute atomic E-state index is 1.08. The molecular weight excluding hydrogens is 544 g/mol. The maximum absolute atomic E-state index is 4.08. The van der Waals surface area contributed by atoms with E-state index in [2.05, 4.69) is 182 Å². The fourth-order valence-corrected chi connectivity index (χ4v) is 5.73. The van der Waals surface area contributed by atoms with Crippen LogP contribution in [0.5, 0.6) is 0 Å². The molecule has 6 aromatic carbocycles. The molecule has 2 nitrogen and oxygen atoms in total. The van der Waals surface area contributed by atoms with E-state index in [0.29, 0.717) is 0 Å². The molecule has 0 unspecified atom stereocenters. The molecule has 220 valence electrons. The highest BCUT2D eigenvalue weighted by atomic mass is 15.1. The van der Waals surface area contributed by atoms with E-state index in [1.54, 1.807) is 0 Å². The standard InChI is InChI=1S/C43H38N2/c1-5-7-12-33(6-2)37-15-10-16-41(31-37)45(43-18-11-14-36-13-8-9-17-42(36)43)40-29-23-35(24-30-40)34-21-27-39(28-22-34)44(4)38-25-19-32(3)20-26-38/h5-31H,2H2,1,3-4H3/b7-5-,33-12+. The van der Waals surface area contributed by atoms with Gasteiger partial charge in [-0.2, -0.15) is 0 Å². The van der Waals surface area contributed by atoms with E-state index in [4.69, 9.17) is 0 Å². The maximum atomic E-state index is 4.08. The zero-order chi connectivity index (χ0) is 31.2. The third-order valence-corrected chi connectivity index (χ3v) is 8.27. The summed E-state index contributed by atoms with van der Waals surface area (Å²) in [4.78, 5) is 4.57. The summed E-state index contributed by atoms with van der Waals surface area (Å²) < 4.78 is 0. The monoisotopic (exact) mass is 582 g/mol. The Balaban J connectivity index is 1.37. The van der Waals surface area contributed by atoms with Crippen LogP contribution in [0.3, 0.4) is 0 Å². The molecule has 0 aliphatic rings. The first kappa shape index (κ1) is 29.5. The zero-order valence-corrected chi connectivity index (χ0v) is 26.2. The van der Waals surface area contributed by atoms with Crippen molar-refractivity contribution in [2.75, 3.05) is 16.8 Å². The Morgan fingerprint density at radius 3 is 1.89 bits per heavy atom. The van der Waals surface area contributed by atoms with Gasteiger partial charge in [0.2, 0.25) is 0 Å². The van der Waals surface area contributed by atoms with E-state index in [1.165, 1.54) is 33.2 Å². The predicted octanol–water partition coefficient (Wildman–Crippen LogP) is 12.2. The predicted molar refractivity (Wildman–Crippen MR) is 196 cm³/mol. The van der Waals surface area contributed by atoms with Gasteiger partial charge in [-0.15, -0.1) is 0 Å². The Kier molecular flexibility index (Phi) is 8.75. The van der Waals surface area contributed by atoms with Crippen LogP contribution in [0.25, 0.3) is 27.5 Å². The first-order valence-corrected chi connectivity index (χ1v) is 15.4. The molecule has 45 heavy (non-hydrogen) atoms. The largest absolute Gasteiger partial charge is 0.345 e. The van der Waals surface area contributed by atoms with Crippen LogP contribution < -0.4 is 9.80 Å². The van der Waals surface area contributed by atoms with Crippen LogP contribution in [-0.4, -0.2) is 7.05 Å². The van der Waals surface area contributed by atoms with Gasteiger partial charge in [0.25, 0.3) is 0 Å². The SMILES string of the molecule is C=C/C(=C\C=C/C)c1cccc(N(c2ccc(-c3ccc(N(C)c4ccc(C)cc4)cc3)cc2)c2cccc3ccccc23)c1. The van der Waals surface area contributed by atoms with Gasteiger partial charge < -0.3 is 9.80 Å². The molecule has 0 aliphatic heterocycles. The Morgan fingerprint density at radius 1 is 0.622 bits per heavy atom. The summed E-state index contributed by atoms with van der Waals surface area (Å²) in [6, 6.07) is 50.1. The average Bonchev–Trinajstić information content (AvgIpc) is 3.09. The summed E-state index contributed by atoms with van der Waals surface area (Å²) >= 11 is 0. The number of allylic oxidation sites excluding steroid dienone is 5. The van der Waals surface area contributed by atoms with Crippen molar-refractivity contribution in [3.63, 3.8) is 0 Å². The average molecular weight is 583 g/mol. The van der Waals surface area contributed by atoms with Crippen LogP contribution in [0.4, 0.5) is 28.4 Å². The minimum Gasteiger partial charge on any atom is -0.345 e. The second-order valence-corrected chi connectivity index (χ2v) is 11.2. The quantitative estimate of drug-likeness (QED) is 0.156. The van der Waals surface area contributed by atoms with Crippen molar-refractivity contribution in [1.29, 1.82) is 0 Å². The van der Waals surface area contributed by atoms with Crippen LogP contribution >= 0.6 is 0 Å². The lowest BCUT2D eigenvalue weighted by atomic mass is 10.0. The van der Waals surface area contributed by atoms with Crippen molar-refractivity contribution in [3.05, 3.63) is 182 Å². The maximum Gasteiger partial charge on any atom is 0.0540 e. The summed E-state index contributed by atoms with van der Waals surface area (Å²) in [7, 11) is 2.11. The fraction of sp³-hybridized carbons (Fsp3) is 0.0698. The summed E-state index contributed by atoms with van der Waals surface area (Å²) in [5, 5.41) is 2.42. The summed E-state index contributed by atoms with van der Waals surface area (Å²) in [6.45, 7) is 8.22.